The minimum absolute atomic E-state index is 0.0441. The Hall–Kier alpha value is -3.33. The maximum absolute atomic E-state index is 12.2. The van der Waals surface area contributed by atoms with Crippen LogP contribution in [0.5, 0.6) is 5.75 Å². The van der Waals surface area contributed by atoms with Gasteiger partial charge in [0, 0.05) is 18.2 Å². The van der Waals surface area contributed by atoms with E-state index in [1.54, 1.807) is 36.4 Å². The van der Waals surface area contributed by atoms with E-state index in [1.807, 2.05) is 12.1 Å². The molecule has 3 rings (SSSR count). The number of hydrogen-bond acceptors (Lipinski definition) is 4. The molecule has 0 radical (unpaired) electrons. The summed E-state index contributed by atoms with van der Waals surface area (Å²) in [5.74, 6) is 0.723. The molecule has 0 aliphatic heterocycles. The summed E-state index contributed by atoms with van der Waals surface area (Å²) < 4.78 is 5.77. The van der Waals surface area contributed by atoms with E-state index in [1.165, 1.54) is 19.3 Å². The molecule has 2 aromatic rings. The third-order valence-corrected chi connectivity index (χ3v) is 5.22. The molecule has 2 N–H and O–H groups in total. The average molecular weight is 405 g/mol. The molecule has 1 saturated carbocycles. The zero-order chi connectivity index (χ0) is 21.2. The van der Waals surface area contributed by atoms with Crippen LogP contribution in [-0.4, -0.2) is 18.4 Å². The second-order valence-corrected chi connectivity index (χ2v) is 7.66. The highest BCUT2D eigenvalue weighted by atomic mass is 16.5. The summed E-state index contributed by atoms with van der Waals surface area (Å²) in [4.78, 5) is 24.2. The van der Waals surface area contributed by atoms with Crippen LogP contribution in [0.25, 0.3) is 0 Å². The van der Waals surface area contributed by atoms with Crippen LogP contribution in [0, 0.1) is 17.2 Å². The van der Waals surface area contributed by atoms with E-state index in [2.05, 4.69) is 16.7 Å². The molecule has 0 atom stereocenters. The molecule has 2 aromatic carbocycles. The smallest absolute Gasteiger partial charge is 0.243 e. The van der Waals surface area contributed by atoms with Crippen LogP contribution in [0.4, 0.5) is 5.69 Å². The lowest BCUT2D eigenvalue weighted by Gasteiger charge is -2.20. The zero-order valence-electron chi connectivity index (χ0n) is 17.0. The Bertz CT molecular complexity index is 914. The fourth-order valence-corrected chi connectivity index (χ4v) is 3.67. The van der Waals surface area contributed by atoms with Crippen LogP contribution in [-0.2, 0) is 16.2 Å². The lowest BCUT2D eigenvalue weighted by Crippen LogP contribution is -2.34. The molecule has 0 spiro atoms. The Morgan fingerprint density at radius 1 is 1.03 bits per heavy atom. The van der Waals surface area contributed by atoms with Gasteiger partial charge in [-0.2, -0.15) is 5.26 Å². The van der Waals surface area contributed by atoms with Crippen molar-refractivity contribution >= 4 is 17.5 Å². The van der Waals surface area contributed by atoms with E-state index in [9.17, 15) is 9.59 Å². The first-order chi connectivity index (χ1) is 14.6. The first kappa shape index (κ1) is 21.4. The first-order valence-electron chi connectivity index (χ1n) is 10.4. The number of carbonyl (C=O) groups is 2. The molecular formula is C24H27N3O3. The Morgan fingerprint density at radius 3 is 2.63 bits per heavy atom. The third kappa shape index (κ3) is 6.93. The molecule has 0 unspecified atom stereocenters. The quantitative estimate of drug-likeness (QED) is 0.690. The number of anilines is 1. The number of benzene rings is 2. The summed E-state index contributed by atoms with van der Waals surface area (Å²) >= 11 is 0. The molecule has 30 heavy (non-hydrogen) atoms. The van der Waals surface area contributed by atoms with Gasteiger partial charge < -0.3 is 15.4 Å². The maximum atomic E-state index is 12.2. The van der Waals surface area contributed by atoms with Gasteiger partial charge in [-0.05, 0) is 48.6 Å². The molecule has 6 nitrogen and oxygen atoms in total. The van der Waals surface area contributed by atoms with Crippen molar-refractivity contribution in [2.24, 2.45) is 5.92 Å². The highest BCUT2D eigenvalue weighted by Gasteiger charge is 2.17. The van der Waals surface area contributed by atoms with Crippen LogP contribution in [0.2, 0.25) is 0 Å². The predicted molar refractivity (Wildman–Crippen MR) is 115 cm³/mol. The predicted octanol–water partition coefficient (Wildman–Crippen LogP) is 4.16. The van der Waals surface area contributed by atoms with Crippen molar-refractivity contribution in [1.82, 2.24) is 5.32 Å². The van der Waals surface area contributed by atoms with E-state index in [0.29, 0.717) is 35.9 Å². The molecular weight excluding hydrogens is 378 g/mol. The Labute approximate surface area is 177 Å². The molecule has 0 bridgehead atoms. The van der Waals surface area contributed by atoms with Crippen molar-refractivity contribution in [2.45, 2.75) is 45.1 Å². The lowest BCUT2D eigenvalue weighted by atomic mass is 9.87. The summed E-state index contributed by atoms with van der Waals surface area (Å²) in [6.45, 7) is 0.279. The number of carbonyl (C=O) groups excluding carboxylic acids is 2. The van der Waals surface area contributed by atoms with E-state index in [-0.39, 0.29) is 18.4 Å². The van der Waals surface area contributed by atoms with E-state index >= 15 is 0 Å². The summed E-state index contributed by atoms with van der Waals surface area (Å²) in [6.07, 6.45) is 6.36. The van der Waals surface area contributed by atoms with E-state index in [4.69, 9.17) is 10.00 Å². The molecule has 2 amide bonds. The van der Waals surface area contributed by atoms with Crippen LogP contribution in [0.3, 0.4) is 0 Å². The molecule has 1 aliphatic carbocycles. The number of rotatable bonds is 8. The summed E-state index contributed by atoms with van der Waals surface area (Å²) in [7, 11) is 0. The third-order valence-electron chi connectivity index (χ3n) is 5.22. The minimum atomic E-state index is -0.272. The molecule has 0 aromatic heterocycles. The van der Waals surface area contributed by atoms with Gasteiger partial charge in [-0.1, -0.05) is 37.5 Å². The van der Waals surface area contributed by atoms with E-state index in [0.717, 1.165) is 18.4 Å². The first-order valence-corrected chi connectivity index (χ1v) is 10.4. The van der Waals surface area contributed by atoms with Crippen molar-refractivity contribution in [3.05, 3.63) is 59.7 Å². The van der Waals surface area contributed by atoms with Gasteiger partial charge in [-0.25, -0.2) is 0 Å². The summed E-state index contributed by atoms with van der Waals surface area (Å²) in [5.41, 5.74) is 2.08. The number of nitrogens with zero attached hydrogens (tertiary/aromatic N) is 1. The largest absolute Gasteiger partial charge is 0.489 e. The minimum Gasteiger partial charge on any atom is -0.489 e. The topological polar surface area (TPSA) is 91.2 Å². The molecule has 156 valence electrons. The highest BCUT2D eigenvalue weighted by molar-refractivity contribution is 5.94. The summed E-state index contributed by atoms with van der Waals surface area (Å²) in [6, 6.07) is 16.4. The zero-order valence-corrected chi connectivity index (χ0v) is 17.0. The van der Waals surface area contributed by atoms with Crippen LogP contribution in [0.15, 0.2) is 48.5 Å². The lowest BCUT2D eigenvalue weighted by molar-refractivity contribution is -0.125. The number of ether oxygens (including phenoxy) is 1. The number of nitrogens with one attached hydrogen (secondary N) is 2. The Balaban J connectivity index is 1.44. The average Bonchev–Trinajstić information content (AvgIpc) is 2.77. The molecule has 6 heteroatoms. The normalized spacial score (nSPS) is 13.8. The van der Waals surface area contributed by atoms with Gasteiger partial charge in [0.05, 0.1) is 18.2 Å². The second kappa shape index (κ2) is 11.0. The fourth-order valence-electron chi connectivity index (χ4n) is 3.67. The Kier molecular flexibility index (Phi) is 7.85. The molecule has 0 heterocycles. The van der Waals surface area contributed by atoms with Crippen molar-refractivity contribution in [3.8, 4) is 11.8 Å². The van der Waals surface area contributed by atoms with Gasteiger partial charge in [0.25, 0.3) is 0 Å². The van der Waals surface area contributed by atoms with Crippen LogP contribution in [0.1, 0.15) is 49.7 Å². The molecule has 1 fully saturated rings. The fraction of sp³-hybridized carbons (Fsp3) is 0.375. The van der Waals surface area contributed by atoms with Crippen molar-refractivity contribution in [2.75, 3.05) is 11.9 Å². The second-order valence-electron chi connectivity index (χ2n) is 7.66. The van der Waals surface area contributed by atoms with Gasteiger partial charge in [-0.15, -0.1) is 0 Å². The molecule has 1 aliphatic rings. The van der Waals surface area contributed by atoms with Crippen LogP contribution >= 0.6 is 0 Å². The summed E-state index contributed by atoms with van der Waals surface area (Å²) in [5, 5.41) is 14.5. The van der Waals surface area contributed by atoms with Crippen molar-refractivity contribution < 1.29 is 14.3 Å². The monoisotopic (exact) mass is 405 g/mol. The van der Waals surface area contributed by atoms with E-state index < -0.39 is 0 Å². The number of nitriles is 1. The SMILES string of the molecule is N#Cc1cccc(COc2cccc(NC(=O)CNC(=O)CC3CCCCC3)c2)c1. The van der Waals surface area contributed by atoms with Gasteiger partial charge in [0.2, 0.25) is 11.8 Å². The van der Waals surface area contributed by atoms with Gasteiger partial charge in [0.15, 0.2) is 0 Å². The standard InChI is InChI=1S/C24H27N3O3/c25-15-19-8-4-9-20(12-19)17-30-22-11-5-10-21(14-22)27-24(29)16-26-23(28)13-18-6-2-1-3-7-18/h4-5,8-12,14,18H,1-3,6-7,13,16-17H2,(H,26,28)(H,27,29). The maximum Gasteiger partial charge on any atom is 0.243 e. The van der Waals surface area contributed by atoms with Crippen LogP contribution < -0.4 is 15.4 Å². The van der Waals surface area contributed by atoms with Crippen molar-refractivity contribution in [3.63, 3.8) is 0 Å². The number of amides is 2. The van der Waals surface area contributed by atoms with Crippen molar-refractivity contribution in [1.29, 1.82) is 5.26 Å². The molecule has 0 saturated heterocycles. The van der Waals surface area contributed by atoms with Gasteiger partial charge in [-0.3, -0.25) is 9.59 Å². The van der Waals surface area contributed by atoms with Gasteiger partial charge in [0.1, 0.15) is 12.4 Å². The Morgan fingerprint density at radius 2 is 1.83 bits per heavy atom. The highest BCUT2D eigenvalue weighted by Crippen LogP contribution is 2.26. The number of hydrogen-bond donors (Lipinski definition) is 2. The van der Waals surface area contributed by atoms with Gasteiger partial charge >= 0.3 is 0 Å².